The summed E-state index contributed by atoms with van der Waals surface area (Å²) in [5.74, 6) is -0.225. The summed E-state index contributed by atoms with van der Waals surface area (Å²) >= 11 is 0. The number of benzene rings is 2. The largest absolute Gasteiger partial charge is 0.385 e. The first-order valence-corrected chi connectivity index (χ1v) is 8.03. The summed E-state index contributed by atoms with van der Waals surface area (Å²) in [6.45, 7) is 3.01. The van der Waals surface area contributed by atoms with Crippen LogP contribution in [0.25, 0.3) is 0 Å². The molecule has 0 aliphatic heterocycles. The lowest BCUT2D eigenvalue weighted by atomic mass is 10.0. The van der Waals surface area contributed by atoms with Crippen LogP contribution in [0, 0.1) is 5.82 Å². The van der Waals surface area contributed by atoms with E-state index in [1.54, 1.807) is 12.1 Å². The van der Waals surface area contributed by atoms with Crippen molar-refractivity contribution in [3.8, 4) is 0 Å². The fraction of sp³-hybridized carbons (Fsp3) is 0.368. The van der Waals surface area contributed by atoms with Crippen LogP contribution in [-0.4, -0.2) is 6.54 Å². The van der Waals surface area contributed by atoms with E-state index in [4.69, 9.17) is 5.73 Å². The molecule has 2 nitrogen and oxygen atoms in total. The number of hydrogen-bond acceptors (Lipinski definition) is 2. The highest BCUT2D eigenvalue weighted by molar-refractivity contribution is 5.44. The van der Waals surface area contributed by atoms with Crippen LogP contribution in [0.4, 0.5) is 10.1 Å². The molecule has 0 aromatic heterocycles. The molecule has 0 fully saturated rings. The standard InChI is InChI=1S/C19H25FN2/c1-2-3-4-15-5-11-18(12-6-15)22-14-13-19(21)16-7-9-17(20)10-8-16/h5-12,19,22H,2-4,13-14,21H2,1H3. The molecule has 0 saturated carbocycles. The van der Waals surface area contributed by atoms with Crippen molar-refractivity contribution in [2.75, 3.05) is 11.9 Å². The maximum atomic E-state index is 12.9. The Bertz CT molecular complexity index is 549. The minimum atomic E-state index is -0.225. The number of anilines is 1. The highest BCUT2D eigenvalue weighted by atomic mass is 19.1. The second-order valence-electron chi connectivity index (χ2n) is 5.67. The van der Waals surface area contributed by atoms with Crippen LogP contribution in [0.1, 0.15) is 43.4 Å². The second kappa shape index (κ2) is 8.54. The number of hydrogen-bond donors (Lipinski definition) is 2. The zero-order chi connectivity index (χ0) is 15.8. The van der Waals surface area contributed by atoms with Crippen molar-refractivity contribution in [1.29, 1.82) is 0 Å². The first kappa shape index (κ1) is 16.5. The quantitative estimate of drug-likeness (QED) is 0.743. The molecule has 0 bridgehead atoms. The molecule has 0 aliphatic rings. The van der Waals surface area contributed by atoms with Crippen LogP contribution in [0.3, 0.4) is 0 Å². The molecule has 3 heteroatoms. The Kier molecular flexibility index (Phi) is 6.41. The second-order valence-corrected chi connectivity index (χ2v) is 5.67. The van der Waals surface area contributed by atoms with E-state index in [9.17, 15) is 4.39 Å². The van der Waals surface area contributed by atoms with Crippen molar-refractivity contribution >= 4 is 5.69 Å². The zero-order valence-electron chi connectivity index (χ0n) is 13.2. The molecule has 0 spiro atoms. The van der Waals surface area contributed by atoms with Crippen molar-refractivity contribution in [3.05, 3.63) is 65.5 Å². The van der Waals surface area contributed by atoms with Gasteiger partial charge in [0.2, 0.25) is 0 Å². The third kappa shape index (κ3) is 5.15. The van der Waals surface area contributed by atoms with Gasteiger partial charge in [0.25, 0.3) is 0 Å². The van der Waals surface area contributed by atoms with Gasteiger partial charge in [-0.15, -0.1) is 0 Å². The fourth-order valence-corrected chi connectivity index (χ4v) is 2.42. The van der Waals surface area contributed by atoms with Gasteiger partial charge in [0.05, 0.1) is 0 Å². The third-order valence-corrected chi connectivity index (χ3v) is 3.86. The Labute approximate surface area is 132 Å². The normalized spacial score (nSPS) is 12.1. The summed E-state index contributed by atoms with van der Waals surface area (Å²) in [6, 6.07) is 14.9. The molecule has 0 saturated heterocycles. The van der Waals surface area contributed by atoms with Gasteiger partial charge in [0, 0.05) is 18.3 Å². The van der Waals surface area contributed by atoms with E-state index in [0.29, 0.717) is 0 Å². The van der Waals surface area contributed by atoms with E-state index < -0.39 is 0 Å². The summed E-state index contributed by atoms with van der Waals surface area (Å²) in [4.78, 5) is 0. The van der Waals surface area contributed by atoms with Crippen LogP contribution >= 0.6 is 0 Å². The minimum absolute atomic E-state index is 0.0723. The highest BCUT2D eigenvalue weighted by Crippen LogP contribution is 2.16. The molecule has 22 heavy (non-hydrogen) atoms. The summed E-state index contributed by atoms with van der Waals surface area (Å²) in [5.41, 5.74) is 9.60. The Morgan fingerprint density at radius 2 is 1.73 bits per heavy atom. The van der Waals surface area contributed by atoms with Crippen molar-refractivity contribution in [3.63, 3.8) is 0 Å². The van der Waals surface area contributed by atoms with Gasteiger partial charge in [0.1, 0.15) is 5.82 Å². The molecule has 1 atom stereocenters. The zero-order valence-corrected chi connectivity index (χ0v) is 13.2. The van der Waals surface area contributed by atoms with E-state index in [-0.39, 0.29) is 11.9 Å². The van der Waals surface area contributed by atoms with E-state index in [1.807, 2.05) is 0 Å². The van der Waals surface area contributed by atoms with Gasteiger partial charge in [-0.2, -0.15) is 0 Å². The first-order chi connectivity index (χ1) is 10.7. The Hall–Kier alpha value is -1.87. The van der Waals surface area contributed by atoms with Crippen LogP contribution in [0.2, 0.25) is 0 Å². The van der Waals surface area contributed by atoms with Crippen molar-refractivity contribution in [2.24, 2.45) is 5.73 Å². The fourth-order valence-electron chi connectivity index (χ4n) is 2.42. The first-order valence-electron chi connectivity index (χ1n) is 8.03. The number of rotatable bonds is 8. The van der Waals surface area contributed by atoms with Crippen molar-refractivity contribution in [1.82, 2.24) is 0 Å². The summed E-state index contributed by atoms with van der Waals surface area (Å²) in [5, 5.41) is 3.39. The van der Waals surface area contributed by atoms with Crippen molar-refractivity contribution < 1.29 is 4.39 Å². The monoisotopic (exact) mass is 300 g/mol. The summed E-state index contributed by atoms with van der Waals surface area (Å²) in [6.07, 6.45) is 4.41. The molecule has 0 radical (unpaired) electrons. The molecular formula is C19H25FN2. The van der Waals surface area contributed by atoms with Gasteiger partial charge in [-0.1, -0.05) is 37.6 Å². The molecule has 2 aromatic carbocycles. The molecule has 2 aromatic rings. The third-order valence-electron chi connectivity index (χ3n) is 3.86. The minimum Gasteiger partial charge on any atom is -0.385 e. The number of halogens is 1. The van der Waals surface area contributed by atoms with E-state index in [0.717, 1.165) is 30.6 Å². The lowest BCUT2D eigenvalue weighted by Crippen LogP contribution is -2.15. The number of nitrogens with two attached hydrogens (primary N) is 1. The number of aryl methyl sites for hydroxylation is 1. The molecule has 3 N–H and O–H groups in total. The summed E-state index contributed by atoms with van der Waals surface area (Å²) in [7, 11) is 0. The van der Waals surface area contributed by atoms with Crippen LogP contribution in [-0.2, 0) is 6.42 Å². The molecule has 0 heterocycles. The van der Waals surface area contributed by atoms with Crippen LogP contribution in [0.5, 0.6) is 0 Å². The Morgan fingerprint density at radius 3 is 2.36 bits per heavy atom. The molecule has 1 unspecified atom stereocenters. The SMILES string of the molecule is CCCCc1ccc(NCCC(N)c2ccc(F)cc2)cc1. The predicted octanol–water partition coefficient (Wildman–Crippen LogP) is 4.67. The average Bonchev–Trinajstić information content (AvgIpc) is 2.54. The van der Waals surface area contributed by atoms with Gasteiger partial charge >= 0.3 is 0 Å². The molecular weight excluding hydrogens is 275 g/mol. The van der Waals surface area contributed by atoms with Crippen molar-refractivity contribution in [2.45, 2.75) is 38.6 Å². The van der Waals surface area contributed by atoms with Gasteiger partial charge in [-0.3, -0.25) is 0 Å². The topological polar surface area (TPSA) is 38.0 Å². The van der Waals surface area contributed by atoms with Gasteiger partial charge in [-0.25, -0.2) is 4.39 Å². The van der Waals surface area contributed by atoms with Gasteiger partial charge in [0.15, 0.2) is 0 Å². The highest BCUT2D eigenvalue weighted by Gasteiger charge is 2.05. The van der Waals surface area contributed by atoms with Crippen LogP contribution in [0.15, 0.2) is 48.5 Å². The lowest BCUT2D eigenvalue weighted by molar-refractivity contribution is 0.622. The van der Waals surface area contributed by atoms with E-state index in [1.165, 1.54) is 30.5 Å². The average molecular weight is 300 g/mol. The molecule has 2 rings (SSSR count). The van der Waals surface area contributed by atoms with Gasteiger partial charge in [-0.05, 0) is 54.7 Å². The molecule has 118 valence electrons. The lowest BCUT2D eigenvalue weighted by Gasteiger charge is -2.13. The van der Waals surface area contributed by atoms with E-state index in [2.05, 4.69) is 36.5 Å². The number of nitrogens with one attached hydrogen (secondary N) is 1. The van der Waals surface area contributed by atoms with E-state index >= 15 is 0 Å². The predicted molar refractivity (Wildman–Crippen MR) is 91.5 cm³/mol. The Balaban J connectivity index is 1.77. The van der Waals surface area contributed by atoms with Crippen LogP contribution < -0.4 is 11.1 Å². The smallest absolute Gasteiger partial charge is 0.123 e. The van der Waals surface area contributed by atoms with Gasteiger partial charge < -0.3 is 11.1 Å². The Morgan fingerprint density at radius 1 is 1.05 bits per heavy atom. The molecule has 0 amide bonds. The maximum Gasteiger partial charge on any atom is 0.123 e. The molecule has 0 aliphatic carbocycles. The summed E-state index contributed by atoms with van der Waals surface area (Å²) < 4.78 is 12.9. The maximum absolute atomic E-state index is 12.9. The number of unbranched alkanes of at least 4 members (excludes halogenated alkanes) is 1.